The van der Waals surface area contributed by atoms with Gasteiger partial charge in [0.25, 0.3) is 0 Å². The molecule has 0 aliphatic carbocycles. The van der Waals surface area contributed by atoms with Gasteiger partial charge in [0, 0.05) is 33.8 Å². The van der Waals surface area contributed by atoms with Crippen molar-refractivity contribution in [3.05, 3.63) is 206 Å². The lowest BCUT2D eigenvalue weighted by atomic mass is 9.94. The zero-order valence-electron chi connectivity index (χ0n) is 28.5. The Bertz CT molecular complexity index is 2910. The predicted molar refractivity (Wildman–Crippen MR) is 223 cm³/mol. The van der Waals surface area contributed by atoms with Gasteiger partial charge in [-0.3, -0.25) is 0 Å². The minimum Gasteiger partial charge on any atom is -0.310 e. The first kappa shape index (κ1) is 30.0. The van der Waals surface area contributed by atoms with Gasteiger partial charge in [0.1, 0.15) is 0 Å². The van der Waals surface area contributed by atoms with Crippen molar-refractivity contribution in [1.29, 1.82) is 0 Å². The highest BCUT2D eigenvalue weighted by Gasteiger charge is 2.20. The van der Waals surface area contributed by atoms with Gasteiger partial charge >= 0.3 is 0 Å². The van der Waals surface area contributed by atoms with Gasteiger partial charge in [-0.15, -0.1) is 0 Å². The van der Waals surface area contributed by atoms with E-state index in [0.717, 1.165) is 34.1 Å². The molecule has 2 heteroatoms. The molecule has 10 rings (SSSR count). The first-order chi connectivity index (χ1) is 25.8. The number of rotatable bonds is 6. The van der Waals surface area contributed by atoms with Crippen molar-refractivity contribution in [3.8, 4) is 0 Å². The van der Waals surface area contributed by atoms with Crippen molar-refractivity contribution in [3.63, 3.8) is 0 Å². The van der Waals surface area contributed by atoms with Crippen LogP contribution in [-0.2, 0) is 0 Å². The van der Waals surface area contributed by atoms with Gasteiger partial charge in [-0.05, 0) is 115 Å². The molecule has 0 atom stereocenters. The average Bonchev–Trinajstić information content (AvgIpc) is 3.22. The summed E-state index contributed by atoms with van der Waals surface area (Å²) in [6, 6.07) is 74.9. The molecule has 0 spiro atoms. The Hall–Kier alpha value is -6.90. The summed E-state index contributed by atoms with van der Waals surface area (Å²) < 4.78 is 0. The molecule has 0 fully saturated rings. The Morgan fingerprint density at radius 1 is 0.212 bits per heavy atom. The van der Waals surface area contributed by atoms with E-state index in [4.69, 9.17) is 0 Å². The molecule has 0 heterocycles. The molecule has 0 amide bonds. The van der Waals surface area contributed by atoms with E-state index in [2.05, 4.69) is 216 Å². The molecule has 0 saturated carbocycles. The highest BCUT2D eigenvalue weighted by molar-refractivity contribution is 6.22. The molecule has 0 aliphatic rings. The molecule has 0 aromatic heterocycles. The van der Waals surface area contributed by atoms with Crippen LogP contribution >= 0.6 is 0 Å². The fourth-order valence-corrected chi connectivity index (χ4v) is 7.86. The Balaban J connectivity index is 1.24. The van der Waals surface area contributed by atoms with E-state index in [1.165, 1.54) is 53.9 Å². The second-order valence-corrected chi connectivity index (χ2v) is 13.4. The summed E-state index contributed by atoms with van der Waals surface area (Å²) in [7, 11) is 0. The first-order valence-electron chi connectivity index (χ1n) is 17.8. The third-order valence-corrected chi connectivity index (χ3v) is 10.3. The highest BCUT2D eigenvalue weighted by atomic mass is 15.1. The Morgan fingerprint density at radius 2 is 0.654 bits per heavy atom. The largest absolute Gasteiger partial charge is 0.310 e. The van der Waals surface area contributed by atoms with Gasteiger partial charge in [0.15, 0.2) is 0 Å². The maximum atomic E-state index is 2.42. The van der Waals surface area contributed by atoms with Crippen LogP contribution in [0.15, 0.2) is 206 Å². The number of benzene rings is 10. The summed E-state index contributed by atoms with van der Waals surface area (Å²) in [6.07, 6.45) is 0. The van der Waals surface area contributed by atoms with Crippen LogP contribution < -0.4 is 9.80 Å². The summed E-state index contributed by atoms with van der Waals surface area (Å²) in [6.45, 7) is 0. The number of hydrogen-bond donors (Lipinski definition) is 0. The van der Waals surface area contributed by atoms with Gasteiger partial charge in [0.05, 0.1) is 5.69 Å². The standard InChI is InChI=1S/C50H34N2/c1-3-17-40(18-4-1)51(42-27-23-35-13-7-9-15-38(35)31-42)44-29-25-37-26-30-46-45-21-11-12-22-47(45)50(34-49(46)48(37)33-44)52(41-19-5-2-6-20-41)43-28-24-36-14-8-10-16-39(36)32-43/h1-34H. The first-order valence-corrected chi connectivity index (χ1v) is 17.8. The predicted octanol–water partition coefficient (Wildman–Crippen LogP) is 14.4. The highest BCUT2D eigenvalue weighted by Crippen LogP contribution is 2.45. The van der Waals surface area contributed by atoms with Crippen LogP contribution in [0.2, 0.25) is 0 Å². The minimum atomic E-state index is 1.12. The Kier molecular flexibility index (Phi) is 7.18. The molecule has 0 bridgehead atoms. The summed E-state index contributed by atoms with van der Waals surface area (Å²) in [5.74, 6) is 0. The number of nitrogens with zero attached hydrogens (tertiary/aromatic N) is 2. The van der Waals surface area contributed by atoms with E-state index in [0.29, 0.717) is 0 Å². The Morgan fingerprint density at radius 3 is 1.29 bits per heavy atom. The molecule has 0 saturated heterocycles. The third kappa shape index (κ3) is 5.12. The number of fused-ring (bicyclic) bond motifs is 7. The topological polar surface area (TPSA) is 6.48 Å². The molecule has 10 aromatic carbocycles. The van der Waals surface area contributed by atoms with Gasteiger partial charge < -0.3 is 9.80 Å². The van der Waals surface area contributed by atoms with E-state index in [1.807, 2.05) is 0 Å². The monoisotopic (exact) mass is 662 g/mol. The maximum absolute atomic E-state index is 2.42. The fourth-order valence-electron chi connectivity index (χ4n) is 7.86. The molecule has 52 heavy (non-hydrogen) atoms. The number of hydrogen-bond acceptors (Lipinski definition) is 2. The van der Waals surface area contributed by atoms with Crippen LogP contribution in [0.25, 0.3) is 53.9 Å². The second-order valence-electron chi connectivity index (χ2n) is 13.4. The van der Waals surface area contributed by atoms with Crippen LogP contribution in [0.1, 0.15) is 0 Å². The lowest BCUT2D eigenvalue weighted by Gasteiger charge is -2.28. The van der Waals surface area contributed by atoms with Crippen LogP contribution in [0.3, 0.4) is 0 Å². The van der Waals surface area contributed by atoms with Crippen molar-refractivity contribution in [2.75, 3.05) is 9.80 Å². The van der Waals surface area contributed by atoms with E-state index >= 15 is 0 Å². The Labute approximate surface area is 303 Å². The van der Waals surface area contributed by atoms with E-state index in [9.17, 15) is 0 Å². The van der Waals surface area contributed by atoms with Crippen LogP contribution in [0.4, 0.5) is 34.1 Å². The zero-order valence-corrected chi connectivity index (χ0v) is 28.5. The molecule has 2 nitrogen and oxygen atoms in total. The summed E-state index contributed by atoms with van der Waals surface area (Å²) in [4.78, 5) is 4.79. The second kappa shape index (κ2) is 12.5. The van der Waals surface area contributed by atoms with Gasteiger partial charge in [-0.2, -0.15) is 0 Å². The van der Waals surface area contributed by atoms with Gasteiger partial charge in [-0.25, -0.2) is 0 Å². The van der Waals surface area contributed by atoms with Crippen molar-refractivity contribution in [2.45, 2.75) is 0 Å². The van der Waals surface area contributed by atoms with Crippen LogP contribution in [0, 0.1) is 0 Å². The number of para-hydroxylation sites is 2. The molecular weight excluding hydrogens is 629 g/mol. The van der Waals surface area contributed by atoms with E-state index < -0.39 is 0 Å². The average molecular weight is 663 g/mol. The lowest BCUT2D eigenvalue weighted by Crippen LogP contribution is -2.11. The normalized spacial score (nSPS) is 11.5. The molecule has 244 valence electrons. The molecule has 10 aromatic rings. The zero-order chi connectivity index (χ0) is 34.4. The van der Waals surface area contributed by atoms with Crippen LogP contribution in [-0.4, -0.2) is 0 Å². The molecule has 0 N–H and O–H groups in total. The quantitative estimate of drug-likeness (QED) is 0.164. The minimum absolute atomic E-state index is 1.12. The van der Waals surface area contributed by atoms with Gasteiger partial charge in [-0.1, -0.05) is 140 Å². The maximum Gasteiger partial charge on any atom is 0.0546 e. The number of anilines is 6. The SMILES string of the molecule is c1ccc(N(c2ccc3ccccc3c2)c2ccc3ccc4c5ccccc5c(N(c5ccccc5)c5ccc6ccccc6c5)cc4c3c2)cc1. The van der Waals surface area contributed by atoms with E-state index in [1.54, 1.807) is 0 Å². The molecule has 0 radical (unpaired) electrons. The van der Waals surface area contributed by atoms with Crippen molar-refractivity contribution in [2.24, 2.45) is 0 Å². The molecule has 0 aliphatic heterocycles. The van der Waals surface area contributed by atoms with E-state index in [-0.39, 0.29) is 0 Å². The summed E-state index contributed by atoms with van der Waals surface area (Å²) in [5, 5.41) is 12.2. The fraction of sp³-hybridized carbons (Fsp3) is 0. The molecule has 0 unspecified atom stereocenters. The van der Waals surface area contributed by atoms with Crippen molar-refractivity contribution < 1.29 is 0 Å². The van der Waals surface area contributed by atoms with Crippen molar-refractivity contribution >= 4 is 88.0 Å². The summed E-state index contributed by atoms with van der Waals surface area (Å²) >= 11 is 0. The summed E-state index contributed by atoms with van der Waals surface area (Å²) in [5.41, 5.74) is 6.76. The third-order valence-electron chi connectivity index (χ3n) is 10.3. The van der Waals surface area contributed by atoms with Gasteiger partial charge in [0.2, 0.25) is 0 Å². The lowest BCUT2D eigenvalue weighted by molar-refractivity contribution is 1.29. The van der Waals surface area contributed by atoms with Crippen LogP contribution in [0.5, 0.6) is 0 Å². The molecular formula is C50H34N2. The smallest absolute Gasteiger partial charge is 0.0546 e. The van der Waals surface area contributed by atoms with Crippen molar-refractivity contribution in [1.82, 2.24) is 0 Å².